The van der Waals surface area contributed by atoms with E-state index >= 15 is 0 Å². The predicted molar refractivity (Wildman–Crippen MR) is 71.6 cm³/mol. The Morgan fingerprint density at radius 2 is 1.37 bits per heavy atom. The van der Waals surface area contributed by atoms with Gasteiger partial charge in [-0.15, -0.1) is 0 Å². The van der Waals surface area contributed by atoms with Gasteiger partial charge in [0.15, 0.2) is 0 Å². The van der Waals surface area contributed by atoms with Crippen LogP contribution < -0.4 is 16.8 Å². The zero-order chi connectivity index (χ0) is 14.8. The molecule has 0 aliphatic rings. The van der Waals surface area contributed by atoms with E-state index in [9.17, 15) is 14.4 Å². The first-order chi connectivity index (χ1) is 8.61. The summed E-state index contributed by atoms with van der Waals surface area (Å²) >= 11 is 0. The molecule has 0 spiro atoms. The summed E-state index contributed by atoms with van der Waals surface area (Å²) in [5.41, 5.74) is 10.3. The Labute approximate surface area is 111 Å². The zero-order valence-electron chi connectivity index (χ0n) is 11.1. The molecule has 5 N–H and O–H groups in total. The first-order valence-electron chi connectivity index (χ1n) is 5.67. The van der Waals surface area contributed by atoms with E-state index in [4.69, 9.17) is 11.5 Å². The standard InChI is InChI=1S/C13H17N3O3/c1-13(2,3)12(19)16-9-5-7(10(14)17)4-8(6-9)11(15)18/h4-6H,1-3H3,(H2,14,17)(H2,15,18)(H,16,19). The van der Waals surface area contributed by atoms with Crippen molar-refractivity contribution in [3.05, 3.63) is 29.3 Å². The average Bonchev–Trinajstić information content (AvgIpc) is 2.27. The molecule has 1 aromatic carbocycles. The van der Waals surface area contributed by atoms with Gasteiger partial charge in [0, 0.05) is 22.2 Å². The van der Waals surface area contributed by atoms with Crippen LogP contribution in [0.3, 0.4) is 0 Å². The minimum atomic E-state index is -0.700. The number of hydrogen-bond donors (Lipinski definition) is 3. The number of carbonyl (C=O) groups is 3. The van der Waals surface area contributed by atoms with Gasteiger partial charge in [0.1, 0.15) is 0 Å². The van der Waals surface area contributed by atoms with Gasteiger partial charge in [-0.25, -0.2) is 0 Å². The second-order valence-electron chi connectivity index (χ2n) is 5.23. The lowest BCUT2D eigenvalue weighted by Gasteiger charge is -2.18. The van der Waals surface area contributed by atoms with Crippen molar-refractivity contribution in [2.45, 2.75) is 20.8 Å². The molecule has 1 aromatic rings. The van der Waals surface area contributed by atoms with Gasteiger partial charge < -0.3 is 16.8 Å². The van der Waals surface area contributed by atoms with E-state index in [1.165, 1.54) is 18.2 Å². The van der Waals surface area contributed by atoms with Gasteiger partial charge in [0.05, 0.1) is 0 Å². The third kappa shape index (κ3) is 3.80. The minimum Gasteiger partial charge on any atom is -0.366 e. The predicted octanol–water partition coefficient (Wildman–Crippen LogP) is 0.869. The van der Waals surface area contributed by atoms with Crippen LogP contribution in [0.25, 0.3) is 0 Å². The van der Waals surface area contributed by atoms with Gasteiger partial charge >= 0.3 is 0 Å². The molecule has 0 fully saturated rings. The highest BCUT2D eigenvalue weighted by molar-refractivity contribution is 6.02. The molecule has 0 heterocycles. The number of primary amides is 2. The monoisotopic (exact) mass is 263 g/mol. The molecule has 0 aliphatic carbocycles. The molecule has 1 rings (SSSR count). The first kappa shape index (κ1) is 14.7. The molecule has 0 unspecified atom stereocenters. The molecular formula is C13H17N3O3. The van der Waals surface area contributed by atoms with Crippen molar-refractivity contribution in [3.8, 4) is 0 Å². The Morgan fingerprint density at radius 3 is 1.68 bits per heavy atom. The summed E-state index contributed by atoms with van der Waals surface area (Å²) in [5, 5.41) is 2.62. The molecule has 0 atom stereocenters. The van der Waals surface area contributed by atoms with Crippen LogP contribution in [-0.2, 0) is 4.79 Å². The fourth-order valence-electron chi connectivity index (χ4n) is 1.30. The Hall–Kier alpha value is -2.37. The van der Waals surface area contributed by atoms with Crippen molar-refractivity contribution in [2.75, 3.05) is 5.32 Å². The number of hydrogen-bond acceptors (Lipinski definition) is 3. The third-order valence-electron chi connectivity index (χ3n) is 2.44. The molecule has 0 saturated carbocycles. The number of nitrogens with one attached hydrogen (secondary N) is 1. The molecule has 3 amide bonds. The molecular weight excluding hydrogens is 246 g/mol. The number of carbonyl (C=O) groups excluding carboxylic acids is 3. The fourth-order valence-corrected chi connectivity index (χ4v) is 1.30. The Bertz CT molecular complexity index is 512. The lowest BCUT2D eigenvalue weighted by Crippen LogP contribution is -2.28. The molecule has 19 heavy (non-hydrogen) atoms. The molecule has 102 valence electrons. The van der Waals surface area contributed by atoms with Gasteiger partial charge in [-0.05, 0) is 18.2 Å². The van der Waals surface area contributed by atoms with E-state index in [1.54, 1.807) is 20.8 Å². The van der Waals surface area contributed by atoms with Crippen LogP contribution in [0.15, 0.2) is 18.2 Å². The van der Waals surface area contributed by atoms with E-state index in [0.29, 0.717) is 5.69 Å². The number of rotatable bonds is 3. The third-order valence-corrected chi connectivity index (χ3v) is 2.44. The minimum absolute atomic E-state index is 0.112. The second-order valence-corrected chi connectivity index (χ2v) is 5.23. The fraction of sp³-hybridized carbons (Fsp3) is 0.308. The highest BCUT2D eigenvalue weighted by Crippen LogP contribution is 2.19. The highest BCUT2D eigenvalue weighted by Gasteiger charge is 2.21. The molecule has 0 aliphatic heterocycles. The maximum Gasteiger partial charge on any atom is 0.248 e. The quantitative estimate of drug-likeness (QED) is 0.751. The summed E-state index contributed by atoms with van der Waals surface area (Å²) in [6, 6.07) is 4.09. The van der Waals surface area contributed by atoms with Crippen LogP contribution >= 0.6 is 0 Å². The lowest BCUT2D eigenvalue weighted by molar-refractivity contribution is -0.123. The largest absolute Gasteiger partial charge is 0.366 e. The topological polar surface area (TPSA) is 115 Å². The van der Waals surface area contributed by atoms with Crippen LogP contribution in [0, 0.1) is 5.41 Å². The number of nitrogens with two attached hydrogens (primary N) is 2. The Kier molecular flexibility index (Phi) is 3.94. The summed E-state index contributed by atoms with van der Waals surface area (Å²) in [7, 11) is 0. The summed E-state index contributed by atoms with van der Waals surface area (Å²) in [6.07, 6.45) is 0. The van der Waals surface area contributed by atoms with E-state index in [2.05, 4.69) is 5.32 Å². The average molecular weight is 263 g/mol. The van der Waals surface area contributed by atoms with E-state index in [0.717, 1.165) is 0 Å². The smallest absolute Gasteiger partial charge is 0.248 e. The van der Waals surface area contributed by atoms with Crippen molar-refractivity contribution in [1.29, 1.82) is 0 Å². The molecule has 0 radical (unpaired) electrons. The van der Waals surface area contributed by atoms with Crippen molar-refractivity contribution >= 4 is 23.4 Å². The maximum absolute atomic E-state index is 11.9. The van der Waals surface area contributed by atoms with Crippen molar-refractivity contribution < 1.29 is 14.4 Å². The molecule has 0 bridgehead atoms. The van der Waals surface area contributed by atoms with E-state index in [1.807, 2.05) is 0 Å². The van der Waals surface area contributed by atoms with Crippen molar-refractivity contribution in [3.63, 3.8) is 0 Å². The highest BCUT2D eigenvalue weighted by atomic mass is 16.2. The second kappa shape index (κ2) is 5.09. The molecule has 0 aromatic heterocycles. The number of anilines is 1. The Morgan fingerprint density at radius 1 is 0.947 bits per heavy atom. The lowest BCUT2D eigenvalue weighted by atomic mass is 9.95. The van der Waals surface area contributed by atoms with Gasteiger partial charge in [-0.1, -0.05) is 20.8 Å². The van der Waals surface area contributed by atoms with E-state index in [-0.39, 0.29) is 17.0 Å². The van der Waals surface area contributed by atoms with Crippen LogP contribution in [0.4, 0.5) is 5.69 Å². The van der Waals surface area contributed by atoms with Crippen LogP contribution in [0.5, 0.6) is 0 Å². The Balaban J connectivity index is 3.17. The van der Waals surface area contributed by atoms with Crippen molar-refractivity contribution in [2.24, 2.45) is 16.9 Å². The molecule has 0 saturated heterocycles. The first-order valence-corrected chi connectivity index (χ1v) is 5.67. The van der Waals surface area contributed by atoms with Crippen LogP contribution in [-0.4, -0.2) is 17.7 Å². The number of benzene rings is 1. The van der Waals surface area contributed by atoms with E-state index < -0.39 is 17.2 Å². The van der Waals surface area contributed by atoms with Gasteiger partial charge in [0.25, 0.3) is 0 Å². The summed E-state index contributed by atoms with van der Waals surface area (Å²) in [6.45, 7) is 5.24. The number of amides is 3. The zero-order valence-corrected chi connectivity index (χ0v) is 11.1. The molecule has 6 heteroatoms. The summed E-state index contributed by atoms with van der Waals surface area (Å²) < 4.78 is 0. The van der Waals surface area contributed by atoms with Crippen molar-refractivity contribution in [1.82, 2.24) is 0 Å². The van der Waals surface area contributed by atoms with Gasteiger partial charge in [0.2, 0.25) is 17.7 Å². The SMILES string of the molecule is CC(C)(C)C(=O)Nc1cc(C(N)=O)cc(C(N)=O)c1. The van der Waals surface area contributed by atoms with Gasteiger partial charge in [-0.2, -0.15) is 0 Å². The van der Waals surface area contributed by atoms with Gasteiger partial charge in [-0.3, -0.25) is 14.4 Å². The molecule has 6 nitrogen and oxygen atoms in total. The maximum atomic E-state index is 11.9. The summed E-state index contributed by atoms with van der Waals surface area (Å²) in [4.78, 5) is 34.2. The van der Waals surface area contributed by atoms with Crippen LogP contribution in [0.1, 0.15) is 41.5 Å². The summed E-state index contributed by atoms with van der Waals surface area (Å²) in [5.74, 6) is -1.65. The normalized spacial score (nSPS) is 10.9. The van der Waals surface area contributed by atoms with Crippen LogP contribution in [0.2, 0.25) is 0 Å².